The monoisotopic (exact) mass is 575 g/mol. The van der Waals surface area contributed by atoms with Crippen molar-refractivity contribution in [1.29, 1.82) is 0 Å². The first-order valence-electron chi connectivity index (χ1n) is 15.0. The van der Waals surface area contributed by atoms with Crippen molar-refractivity contribution in [2.75, 3.05) is 0 Å². The largest absolute Gasteiger partial charge is 0.455 e. The highest BCUT2D eigenvalue weighted by Crippen LogP contribution is 2.37. The molecule has 0 radical (unpaired) electrons. The highest BCUT2D eigenvalue weighted by atomic mass is 16.3. The van der Waals surface area contributed by atoms with Gasteiger partial charge in [0.25, 0.3) is 0 Å². The Bertz CT molecular complexity index is 2540. The van der Waals surface area contributed by atoms with E-state index in [9.17, 15) is 0 Å². The topological polar surface area (TPSA) is 51.8 Å². The lowest BCUT2D eigenvalue weighted by molar-refractivity contribution is 0.670. The Morgan fingerprint density at radius 1 is 0.356 bits per heavy atom. The molecule has 0 saturated heterocycles. The van der Waals surface area contributed by atoms with E-state index in [0.717, 1.165) is 54.8 Å². The predicted octanol–water partition coefficient (Wildman–Crippen LogP) is 10.7. The summed E-state index contributed by atoms with van der Waals surface area (Å²) < 4.78 is 6.55. The summed E-state index contributed by atoms with van der Waals surface area (Å²) in [4.78, 5) is 15.1. The summed E-state index contributed by atoms with van der Waals surface area (Å²) in [5, 5.41) is 6.73. The molecular weight excluding hydrogens is 550 g/mol. The second kappa shape index (κ2) is 10.2. The first-order valence-corrected chi connectivity index (χ1v) is 15.0. The smallest absolute Gasteiger partial charge is 0.167 e. The van der Waals surface area contributed by atoms with Crippen LogP contribution in [0.3, 0.4) is 0 Å². The molecule has 0 N–H and O–H groups in total. The Morgan fingerprint density at radius 3 is 1.76 bits per heavy atom. The molecule has 2 heterocycles. The van der Waals surface area contributed by atoms with Crippen molar-refractivity contribution >= 4 is 43.5 Å². The van der Waals surface area contributed by atoms with Crippen LogP contribution >= 0.6 is 0 Å². The molecule has 0 fully saturated rings. The summed E-state index contributed by atoms with van der Waals surface area (Å²) in [5.41, 5.74) is 6.66. The fourth-order valence-electron chi connectivity index (χ4n) is 6.20. The molecule has 0 bridgehead atoms. The quantitative estimate of drug-likeness (QED) is 0.209. The SMILES string of the molecule is c1ccc(-c2ccc3ccc(-c4nc(-c5ccccc5)nc(-c5cccc6c5oc5cc7ccccc7cc56)n4)cc3c2)cc1. The molecule has 0 spiro atoms. The molecule has 9 rings (SSSR count). The van der Waals surface area contributed by atoms with Crippen molar-refractivity contribution in [2.45, 2.75) is 0 Å². The number of rotatable bonds is 4. The maximum atomic E-state index is 6.55. The average Bonchev–Trinajstić information content (AvgIpc) is 3.48. The Kier molecular flexibility index (Phi) is 5.78. The third-order valence-corrected chi connectivity index (χ3v) is 8.48. The van der Waals surface area contributed by atoms with Crippen molar-refractivity contribution in [3.63, 3.8) is 0 Å². The summed E-state index contributed by atoms with van der Waals surface area (Å²) in [6, 6.07) is 52.3. The Labute approximate surface area is 259 Å². The second-order valence-corrected chi connectivity index (χ2v) is 11.3. The normalized spacial score (nSPS) is 11.6. The molecule has 0 unspecified atom stereocenters. The lowest BCUT2D eigenvalue weighted by Crippen LogP contribution is -2.00. The predicted molar refractivity (Wildman–Crippen MR) is 184 cm³/mol. The number of benzene rings is 7. The Morgan fingerprint density at radius 2 is 0.978 bits per heavy atom. The molecule has 210 valence electrons. The van der Waals surface area contributed by atoms with Crippen LogP contribution in [0.4, 0.5) is 0 Å². The van der Waals surface area contributed by atoms with Gasteiger partial charge in [0.1, 0.15) is 11.2 Å². The van der Waals surface area contributed by atoms with Crippen LogP contribution in [0, 0.1) is 0 Å². The van der Waals surface area contributed by atoms with Gasteiger partial charge in [0.05, 0.1) is 5.56 Å². The van der Waals surface area contributed by atoms with Gasteiger partial charge >= 0.3 is 0 Å². The molecular formula is C41H25N3O. The van der Waals surface area contributed by atoms with E-state index in [1.165, 1.54) is 16.5 Å². The van der Waals surface area contributed by atoms with E-state index in [1.807, 2.05) is 42.5 Å². The van der Waals surface area contributed by atoms with Gasteiger partial charge in [0, 0.05) is 21.9 Å². The van der Waals surface area contributed by atoms with Crippen molar-refractivity contribution in [3.8, 4) is 45.3 Å². The van der Waals surface area contributed by atoms with Crippen molar-refractivity contribution in [2.24, 2.45) is 0 Å². The average molecular weight is 576 g/mol. The van der Waals surface area contributed by atoms with Crippen molar-refractivity contribution in [3.05, 3.63) is 152 Å². The van der Waals surface area contributed by atoms with Gasteiger partial charge in [-0.2, -0.15) is 0 Å². The number of hydrogen-bond acceptors (Lipinski definition) is 4. The maximum absolute atomic E-state index is 6.55. The first kappa shape index (κ1) is 25.4. The zero-order valence-electron chi connectivity index (χ0n) is 24.2. The summed E-state index contributed by atoms with van der Waals surface area (Å²) in [7, 11) is 0. The molecule has 0 aliphatic carbocycles. The van der Waals surface area contributed by atoms with Gasteiger partial charge in [-0.15, -0.1) is 0 Å². The number of nitrogens with zero attached hydrogens (tertiary/aromatic N) is 3. The third-order valence-electron chi connectivity index (χ3n) is 8.48. The molecule has 7 aromatic carbocycles. The van der Waals surface area contributed by atoms with E-state index in [2.05, 4.69) is 109 Å². The minimum atomic E-state index is 0.575. The molecule has 0 aliphatic rings. The van der Waals surface area contributed by atoms with Crippen LogP contribution in [0.2, 0.25) is 0 Å². The van der Waals surface area contributed by atoms with Crippen LogP contribution in [-0.2, 0) is 0 Å². The molecule has 0 atom stereocenters. The van der Waals surface area contributed by atoms with Gasteiger partial charge in [-0.1, -0.05) is 121 Å². The fraction of sp³-hybridized carbons (Fsp3) is 0. The molecule has 45 heavy (non-hydrogen) atoms. The summed E-state index contributed by atoms with van der Waals surface area (Å²) in [5.74, 6) is 1.81. The molecule has 0 aliphatic heterocycles. The summed E-state index contributed by atoms with van der Waals surface area (Å²) >= 11 is 0. The van der Waals surface area contributed by atoms with Gasteiger partial charge in [-0.25, -0.2) is 15.0 Å². The van der Waals surface area contributed by atoms with Crippen LogP contribution in [-0.4, -0.2) is 15.0 Å². The van der Waals surface area contributed by atoms with Gasteiger partial charge in [0.15, 0.2) is 17.5 Å². The number of fused-ring (bicyclic) bond motifs is 5. The van der Waals surface area contributed by atoms with Gasteiger partial charge in [-0.05, 0) is 63.0 Å². The third kappa shape index (κ3) is 4.43. The van der Waals surface area contributed by atoms with E-state index >= 15 is 0 Å². The Hall–Kier alpha value is -6.13. The number of para-hydroxylation sites is 1. The van der Waals surface area contributed by atoms with Crippen molar-refractivity contribution in [1.82, 2.24) is 15.0 Å². The molecule has 4 heteroatoms. The standard InChI is InChI=1S/C41H25N3O/c1-3-10-26(11-4-1)31-20-18-27-19-21-32(23-33(27)22-31)40-42-39(28-12-5-2-6-13-28)43-41(44-40)35-17-9-16-34-36-24-29-14-7-8-15-30(29)25-37(36)45-38(34)35/h1-25H. The summed E-state index contributed by atoms with van der Waals surface area (Å²) in [6.45, 7) is 0. The number of furan rings is 1. The van der Waals surface area contributed by atoms with Crippen LogP contribution in [0.15, 0.2) is 156 Å². The van der Waals surface area contributed by atoms with Crippen LogP contribution in [0.1, 0.15) is 0 Å². The van der Waals surface area contributed by atoms with Crippen LogP contribution < -0.4 is 0 Å². The molecule has 9 aromatic rings. The number of hydrogen-bond donors (Lipinski definition) is 0. The van der Waals surface area contributed by atoms with E-state index in [4.69, 9.17) is 19.4 Å². The summed E-state index contributed by atoms with van der Waals surface area (Å²) in [6.07, 6.45) is 0. The van der Waals surface area contributed by atoms with E-state index in [0.29, 0.717) is 17.5 Å². The lowest BCUT2D eigenvalue weighted by atomic mass is 10.00. The van der Waals surface area contributed by atoms with Gasteiger partial charge in [0.2, 0.25) is 0 Å². The first-order chi connectivity index (χ1) is 22.3. The molecule has 2 aromatic heterocycles. The Balaban J connectivity index is 1.25. The highest BCUT2D eigenvalue weighted by Gasteiger charge is 2.18. The highest BCUT2D eigenvalue weighted by molar-refractivity contribution is 6.13. The fourth-order valence-corrected chi connectivity index (χ4v) is 6.20. The zero-order valence-corrected chi connectivity index (χ0v) is 24.2. The van der Waals surface area contributed by atoms with E-state index < -0.39 is 0 Å². The van der Waals surface area contributed by atoms with Crippen molar-refractivity contribution < 1.29 is 4.42 Å². The van der Waals surface area contributed by atoms with Gasteiger partial charge < -0.3 is 4.42 Å². The zero-order chi connectivity index (χ0) is 29.7. The van der Waals surface area contributed by atoms with Crippen LogP contribution in [0.5, 0.6) is 0 Å². The minimum absolute atomic E-state index is 0.575. The van der Waals surface area contributed by atoms with E-state index in [-0.39, 0.29) is 0 Å². The molecule has 0 amide bonds. The molecule has 4 nitrogen and oxygen atoms in total. The van der Waals surface area contributed by atoms with Crippen LogP contribution in [0.25, 0.3) is 88.8 Å². The minimum Gasteiger partial charge on any atom is -0.455 e. The van der Waals surface area contributed by atoms with E-state index in [1.54, 1.807) is 0 Å². The maximum Gasteiger partial charge on any atom is 0.167 e. The second-order valence-electron chi connectivity index (χ2n) is 11.3. The molecule has 0 saturated carbocycles. The van der Waals surface area contributed by atoms with Gasteiger partial charge in [-0.3, -0.25) is 0 Å². The lowest BCUT2D eigenvalue weighted by Gasteiger charge is -2.10. The number of aromatic nitrogens is 3.